The van der Waals surface area contributed by atoms with Crippen molar-refractivity contribution in [2.24, 2.45) is 4.99 Å². The van der Waals surface area contributed by atoms with Gasteiger partial charge in [0.05, 0.1) is 23.7 Å². The lowest BCUT2D eigenvalue weighted by Gasteiger charge is -2.19. The Labute approximate surface area is 190 Å². The second-order valence-electron chi connectivity index (χ2n) is 6.03. The molecule has 0 bridgehead atoms. The third-order valence-electron chi connectivity index (χ3n) is 4.00. The van der Waals surface area contributed by atoms with Crippen molar-refractivity contribution in [3.05, 3.63) is 59.6 Å². The van der Waals surface area contributed by atoms with Crippen LogP contribution in [0.2, 0.25) is 0 Å². The van der Waals surface area contributed by atoms with E-state index in [0.29, 0.717) is 30.7 Å². The summed E-state index contributed by atoms with van der Waals surface area (Å²) >= 11 is 1.58. The molecule has 2 N–H and O–H groups in total. The Morgan fingerprint density at radius 2 is 2.17 bits per heavy atom. The van der Waals surface area contributed by atoms with Gasteiger partial charge in [0.15, 0.2) is 5.96 Å². The van der Waals surface area contributed by atoms with E-state index in [-0.39, 0.29) is 35.9 Å². The standard InChI is InChI=1S/C20H23FN4O2S.HI/c1-3-16(27-17-7-4-6-14(21)10-17)12-24-20(22-2)23-11-15-13-26-19(25-15)18-8-5-9-28-18;/h4-10,13,16H,3,11-12H2,1-2H3,(H2,22,23,24);1H. The van der Waals surface area contributed by atoms with E-state index in [0.717, 1.165) is 17.0 Å². The van der Waals surface area contributed by atoms with Crippen molar-refractivity contribution in [2.75, 3.05) is 13.6 Å². The molecule has 0 fully saturated rings. The van der Waals surface area contributed by atoms with Crippen molar-refractivity contribution >= 4 is 41.3 Å². The molecule has 156 valence electrons. The number of aliphatic imine (C=N–C) groups is 1. The summed E-state index contributed by atoms with van der Waals surface area (Å²) in [5.41, 5.74) is 0.786. The van der Waals surface area contributed by atoms with Crippen LogP contribution in [-0.2, 0) is 6.54 Å². The van der Waals surface area contributed by atoms with Crippen molar-refractivity contribution in [1.82, 2.24) is 15.6 Å². The first-order valence-electron chi connectivity index (χ1n) is 9.03. The number of guanidine groups is 1. The van der Waals surface area contributed by atoms with Gasteiger partial charge < -0.3 is 19.8 Å². The molecule has 0 saturated heterocycles. The fourth-order valence-electron chi connectivity index (χ4n) is 2.51. The fraction of sp³-hybridized carbons (Fsp3) is 0.300. The van der Waals surface area contributed by atoms with Crippen LogP contribution in [-0.4, -0.2) is 30.6 Å². The van der Waals surface area contributed by atoms with Crippen molar-refractivity contribution in [1.29, 1.82) is 0 Å². The Kier molecular flexibility index (Phi) is 9.39. The van der Waals surface area contributed by atoms with Crippen LogP contribution in [0.5, 0.6) is 5.75 Å². The molecule has 0 spiro atoms. The molecule has 0 radical (unpaired) electrons. The molecule has 0 aliphatic carbocycles. The molecular formula is C20H24FIN4O2S. The molecule has 0 aliphatic heterocycles. The van der Waals surface area contributed by atoms with E-state index >= 15 is 0 Å². The second kappa shape index (κ2) is 11.8. The molecule has 2 aromatic heterocycles. The highest BCUT2D eigenvalue weighted by Crippen LogP contribution is 2.23. The Morgan fingerprint density at radius 1 is 1.31 bits per heavy atom. The highest BCUT2D eigenvalue weighted by Gasteiger charge is 2.11. The zero-order valence-electron chi connectivity index (χ0n) is 16.2. The van der Waals surface area contributed by atoms with Crippen molar-refractivity contribution in [2.45, 2.75) is 26.0 Å². The Bertz CT molecular complexity index is 902. The smallest absolute Gasteiger partial charge is 0.236 e. The van der Waals surface area contributed by atoms with Gasteiger partial charge in [0.1, 0.15) is 23.9 Å². The molecule has 6 nitrogen and oxygen atoms in total. The van der Waals surface area contributed by atoms with Gasteiger partial charge in [-0.1, -0.05) is 19.1 Å². The van der Waals surface area contributed by atoms with Gasteiger partial charge in [-0.3, -0.25) is 4.99 Å². The number of ether oxygens (including phenoxy) is 1. The molecule has 0 amide bonds. The van der Waals surface area contributed by atoms with Gasteiger partial charge in [0.2, 0.25) is 5.89 Å². The zero-order valence-corrected chi connectivity index (χ0v) is 19.4. The zero-order chi connectivity index (χ0) is 19.8. The van der Waals surface area contributed by atoms with E-state index in [1.807, 2.05) is 24.4 Å². The number of halogens is 2. The molecular weight excluding hydrogens is 506 g/mol. The summed E-state index contributed by atoms with van der Waals surface area (Å²) in [6.07, 6.45) is 2.29. The van der Waals surface area contributed by atoms with Crippen molar-refractivity contribution in [3.8, 4) is 16.5 Å². The van der Waals surface area contributed by atoms with E-state index < -0.39 is 0 Å². The lowest BCUT2D eigenvalue weighted by atomic mass is 10.2. The lowest BCUT2D eigenvalue weighted by Crippen LogP contribution is -2.42. The molecule has 2 heterocycles. The Morgan fingerprint density at radius 3 is 2.86 bits per heavy atom. The van der Waals surface area contributed by atoms with Crippen LogP contribution in [0.3, 0.4) is 0 Å². The van der Waals surface area contributed by atoms with E-state index in [4.69, 9.17) is 9.15 Å². The molecule has 0 saturated carbocycles. The van der Waals surface area contributed by atoms with E-state index in [9.17, 15) is 4.39 Å². The van der Waals surface area contributed by atoms with Gasteiger partial charge in [-0.25, -0.2) is 9.37 Å². The lowest BCUT2D eigenvalue weighted by molar-refractivity contribution is 0.198. The quantitative estimate of drug-likeness (QED) is 0.252. The van der Waals surface area contributed by atoms with Gasteiger partial charge in [-0.2, -0.15) is 0 Å². The minimum absolute atomic E-state index is 0. The number of rotatable bonds is 8. The van der Waals surface area contributed by atoms with Crippen molar-refractivity contribution < 1.29 is 13.5 Å². The summed E-state index contributed by atoms with van der Waals surface area (Å²) in [6, 6.07) is 10.1. The molecule has 3 rings (SSSR count). The maximum absolute atomic E-state index is 13.3. The molecule has 1 unspecified atom stereocenters. The summed E-state index contributed by atoms with van der Waals surface area (Å²) < 4.78 is 24.7. The maximum atomic E-state index is 13.3. The number of thiophene rings is 1. The van der Waals surface area contributed by atoms with Crippen LogP contribution in [0, 0.1) is 5.82 Å². The first-order chi connectivity index (χ1) is 13.7. The van der Waals surface area contributed by atoms with Crippen LogP contribution in [0.25, 0.3) is 10.8 Å². The summed E-state index contributed by atoms with van der Waals surface area (Å²) in [4.78, 5) is 9.68. The van der Waals surface area contributed by atoms with Crippen LogP contribution in [0.15, 0.2) is 57.5 Å². The predicted molar refractivity (Wildman–Crippen MR) is 125 cm³/mol. The molecule has 0 aliphatic rings. The number of nitrogens with one attached hydrogen (secondary N) is 2. The predicted octanol–water partition coefficient (Wildman–Crippen LogP) is 4.68. The normalized spacial score (nSPS) is 12.2. The van der Waals surface area contributed by atoms with Crippen LogP contribution < -0.4 is 15.4 Å². The topological polar surface area (TPSA) is 71.7 Å². The van der Waals surface area contributed by atoms with Crippen LogP contribution in [0.1, 0.15) is 19.0 Å². The summed E-state index contributed by atoms with van der Waals surface area (Å²) in [5.74, 6) is 1.44. The van der Waals surface area contributed by atoms with Gasteiger partial charge in [0, 0.05) is 13.1 Å². The largest absolute Gasteiger partial charge is 0.489 e. The maximum Gasteiger partial charge on any atom is 0.236 e. The first kappa shape index (κ1) is 23.1. The third-order valence-corrected chi connectivity index (χ3v) is 4.85. The third kappa shape index (κ3) is 7.00. The average molecular weight is 530 g/mol. The summed E-state index contributed by atoms with van der Waals surface area (Å²) in [6.45, 7) is 3.03. The minimum Gasteiger partial charge on any atom is -0.489 e. The van der Waals surface area contributed by atoms with E-state index in [1.165, 1.54) is 12.1 Å². The highest BCUT2D eigenvalue weighted by molar-refractivity contribution is 14.0. The second-order valence-corrected chi connectivity index (χ2v) is 6.98. The first-order valence-corrected chi connectivity index (χ1v) is 9.91. The highest BCUT2D eigenvalue weighted by atomic mass is 127. The average Bonchev–Trinajstić information content (AvgIpc) is 3.38. The Hall–Kier alpha value is -2.14. The molecule has 29 heavy (non-hydrogen) atoms. The summed E-state index contributed by atoms with van der Waals surface area (Å²) in [7, 11) is 1.70. The molecule has 9 heteroatoms. The molecule has 1 aromatic carbocycles. The van der Waals surface area contributed by atoms with Crippen molar-refractivity contribution in [3.63, 3.8) is 0 Å². The van der Waals surface area contributed by atoms with E-state index in [2.05, 4.69) is 20.6 Å². The Balaban J connectivity index is 0.00000300. The molecule has 1 atom stereocenters. The minimum atomic E-state index is -0.313. The number of oxazole rings is 1. The number of benzene rings is 1. The summed E-state index contributed by atoms with van der Waals surface area (Å²) in [5, 5.41) is 8.41. The van der Waals surface area contributed by atoms with Gasteiger partial charge >= 0.3 is 0 Å². The van der Waals surface area contributed by atoms with Crippen LogP contribution in [0.4, 0.5) is 4.39 Å². The van der Waals surface area contributed by atoms with E-state index in [1.54, 1.807) is 36.8 Å². The number of nitrogens with zero attached hydrogens (tertiary/aromatic N) is 2. The molecule has 3 aromatic rings. The fourth-order valence-corrected chi connectivity index (χ4v) is 3.16. The van der Waals surface area contributed by atoms with Gasteiger partial charge in [-0.05, 0) is 30.0 Å². The van der Waals surface area contributed by atoms with Gasteiger partial charge in [0.25, 0.3) is 0 Å². The van der Waals surface area contributed by atoms with Gasteiger partial charge in [-0.15, -0.1) is 35.3 Å². The number of hydrogen-bond acceptors (Lipinski definition) is 5. The number of hydrogen-bond donors (Lipinski definition) is 2. The SMILES string of the molecule is CCC(CNC(=NC)NCc1coc(-c2cccs2)n1)Oc1cccc(F)c1.I. The number of aromatic nitrogens is 1. The van der Waals surface area contributed by atoms with Crippen LogP contribution >= 0.6 is 35.3 Å². The monoisotopic (exact) mass is 530 g/mol.